The molecule has 3 N–H and O–H groups in total. The first-order valence-electron chi connectivity index (χ1n) is 6.18. The zero-order valence-electron chi connectivity index (χ0n) is 11.0. The van der Waals surface area contributed by atoms with Crippen molar-refractivity contribution in [3.05, 3.63) is 69.7 Å². The Morgan fingerprint density at radius 2 is 1.95 bits per heavy atom. The molecule has 0 aromatic heterocycles. The molecule has 106 valence electrons. The van der Waals surface area contributed by atoms with E-state index in [9.17, 15) is 8.78 Å². The van der Waals surface area contributed by atoms with Crippen molar-refractivity contribution in [1.29, 1.82) is 0 Å². The molecule has 5 heteroatoms. The van der Waals surface area contributed by atoms with Crippen LogP contribution in [0.15, 0.2) is 36.4 Å². The van der Waals surface area contributed by atoms with Crippen LogP contribution in [0.25, 0.3) is 0 Å². The standard InChI is InChI=1S/C15H15ClF2N2/c1-9-5-6-11(13(18)7-9)14(20-19)8-10-3-2-4-12(17)15(10)16/h2-7,14,20H,8,19H2,1H3. The second kappa shape index (κ2) is 6.31. The minimum absolute atomic E-state index is 0.0419. The molecular weight excluding hydrogens is 282 g/mol. The second-order valence-electron chi connectivity index (χ2n) is 4.66. The topological polar surface area (TPSA) is 38.0 Å². The molecule has 20 heavy (non-hydrogen) atoms. The molecule has 2 rings (SSSR count). The lowest BCUT2D eigenvalue weighted by Gasteiger charge is -2.18. The summed E-state index contributed by atoms with van der Waals surface area (Å²) in [6, 6.07) is 8.97. The Bertz CT molecular complexity index is 617. The van der Waals surface area contributed by atoms with Gasteiger partial charge in [-0.3, -0.25) is 11.3 Å². The van der Waals surface area contributed by atoms with Crippen molar-refractivity contribution in [2.75, 3.05) is 0 Å². The van der Waals surface area contributed by atoms with Crippen molar-refractivity contribution in [2.24, 2.45) is 5.84 Å². The maximum atomic E-state index is 14.0. The number of benzene rings is 2. The van der Waals surface area contributed by atoms with Gasteiger partial charge < -0.3 is 0 Å². The third-order valence-electron chi connectivity index (χ3n) is 3.19. The molecule has 1 atom stereocenters. The maximum absolute atomic E-state index is 14.0. The summed E-state index contributed by atoms with van der Waals surface area (Å²) in [5, 5.41) is 0.0419. The Morgan fingerprint density at radius 3 is 2.60 bits per heavy atom. The fraction of sp³-hybridized carbons (Fsp3) is 0.200. The van der Waals surface area contributed by atoms with E-state index in [4.69, 9.17) is 17.4 Å². The van der Waals surface area contributed by atoms with E-state index in [1.54, 1.807) is 31.2 Å². The molecule has 0 aliphatic carbocycles. The van der Waals surface area contributed by atoms with Gasteiger partial charge in [-0.25, -0.2) is 8.78 Å². The Balaban J connectivity index is 2.31. The monoisotopic (exact) mass is 296 g/mol. The summed E-state index contributed by atoms with van der Waals surface area (Å²) in [6.07, 6.45) is 0.299. The normalized spacial score (nSPS) is 12.4. The van der Waals surface area contributed by atoms with Gasteiger partial charge in [-0.1, -0.05) is 35.9 Å². The summed E-state index contributed by atoms with van der Waals surface area (Å²) in [5.41, 5.74) is 4.38. The number of nitrogens with one attached hydrogen (secondary N) is 1. The molecule has 0 fully saturated rings. The highest BCUT2D eigenvalue weighted by atomic mass is 35.5. The third kappa shape index (κ3) is 3.15. The van der Waals surface area contributed by atoms with E-state index < -0.39 is 11.9 Å². The minimum atomic E-state index is -0.496. The van der Waals surface area contributed by atoms with Gasteiger partial charge in [0.15, 0.2) is 0 Å². The van der Waals surface area contributed by atoms with Crippen LogP contribution in [0.2, 0.25) is 5.02 Å². The highest BCUT2D eigenvalue weighted by Gasteiger charge is 2.17. The van der Waals surface area contributed by atoms with Crippen molar-refractivity contribution < 1.29 is 8.78 Å². The molecular formula is C15H15ClF2N2. The number of halogens is 3. The number of hydrazine groups is 1. The Labute approximate surface area is 121 Å². The largest absolute Gasteiger partial charge is 0.271 e. The molecule has 0 radical (unpaired) electrons. The van der Waals surface area contributed by atoms with Crippen molar-refractivity contribution in [3.8, 4) is 0 Å². The first kappa shape index (κ1) is 14.9. The SMILES string of the molecule is Cc1ccc(C(Cc2cccc(F)c2Cl)NN)c(F)c1. The average molecular weight is 297 g/mol. The van der Waals surface area contributed by atoms with E-state index in [1.807, 2.05) is 0 Å². The first-order chi connectivity index (χ1) is 9.52. The maximum Gasteiger partial charge on any atom is 0.142 e. The van der Waals surface area contributed by atoms with Crippen LogP contribution in [0, 0.1) is 18.6 Å². The Kier molecular flexibility index (Phi) is 4.70. The molecule has 0 bridgehead atoms. The summed E-state index contributed by atoms with van der Waals surface area (Å²) >= 11 is 5.91. The molecule has 2 aromatic carbocycles. The predicted octanol–water partition coefficient (Wildman–Crippen LogP) is 3.67. The first-order valence-corrected chi connectivity index (χ1v) is 6.55. The van der Waals surface area contributed by atoms with Gasteiger partial charge in [-0.05, 0) is 36.6 Å². The molecule has 1 unspecified atom stereocenters. The molecule has 0 spiro atoms. The summed E-state index contributed by atoms with van der Waals surface area (Å²) in [6.45, 7) is 1.81. The van der Waals surface area contributed by atoms with E-state index in [2.05, 4.69) is 5.43 Å². The van der Waals surface area contributed by atoms with Crippen LogP contribution in [-0.2, 0) is 6.42 Å². The summed E-state index contributed by atoms with van der Waals surface area (Å²) in [7, 11) is 0. The van der Waals surface area contributed by atoms with Gasteiger partial charge in [0, 0.05) is 5.56 Å². The van der Waals surface area contributed by atoms with E-state index in [1.165, 1.54) is 12.1 Å². The molecule has 0 aliphatic rings. The van der Waals surface area contributed by atoms with E-state index in [-0.39, 0.29) is 10.8 Å². The van der Waals surface area contributed by atoms with Crippen LogP contribution < -0.4 is 11.3 Å². The Morgan fingerprint density at radius 1 is 1.20 bits per heavy atom. The average Bonchev–Trinajstić information content (AvgIpc) is 2.41. The van der Waals surface area contributed by atoms with Crippen LogP contribution in [0.3, 0.4) is 0 Å². The van der Waals surface area contributed by atoms with Gasteiger partial charge in [0.25, 0.3) is 0 Å². The summed E-state index contributed by atoms with van der Waals surface area (Å²) in [4.78, 5) is 0. The van der Waals surface area contributed by atoms with Gasteiger partial charge in [-0.15, -0.1) is 0 Å². The van der Waals surface area contributed by atoms with Gasteiger partial charge in [-0.2, -0.15) is 0 Å². The Hall–Kier alpha value is -1.49. The fourth-order valence-electron chi connectivity index (χ4n) is 2.10. The van der Waals surface area contributed by atoms with Gasteiger partial charge in [0.1, 0.15) is 11.6 Å². The number of hydrogen-bond acceptors (Lipinski definition) is 2. The fourth-order valence-corrected chi connectivity index (χ4v) is 2.30. The summed E-state index contributed by atoms with van der Waals surface area (Å²) in [5.74, 6) is 4.65. The molecule has 2 aromatic rings. The van der Waals surface area contributed by atoms with E-state index >= 15 is 0 Å². The smallest absolute Gasteiger partial charge is 0.142 e. The van der Waals surface area contributed by atoms with Gasteiger partial charge in [0.2, 0.25) is 0 Å². The second-order valence-corrected chi connectivity index (χ2v) is 5.04. The molecule has 0 saturated carbocycles. The third-order valence-corrected chi connectivity index (χ3v) is 3.61. The molecule has 0 aliphatic heterocycles. The van der Waals surface area contributed by atoms with Gasteiger partial charge >= 0.3 is 0 Å². The van der Waals surface area contributed by atoms with Crippen LogP contribution in [-0.4, -0.2) is 0 Å². The van der Waals surface area contributed by atoms with Crippen molar-refractivity contribution in [2.45, 2.75) is 19.4 Å². The lowest BCUT2D eigenvalue weighted by atomic mass is 9.98. The number of hydrogen-bond donors (Lipinski definition) is 2. The van der Waals surface area contributed by atoms with Crippen LogP contribution in [0.4, 0.5) is 8.78 Å². The quantitative estimate of drug-likeness (QED) is 0.667. The van der Waals surface area contributed by atoms with Crippen LogP contribution in [0.5, 0.6) is 0 Å². The van der Waals surface area contributed by atoms with E-state index in [0.29, 0.717) is 17.5 Å². The molecule has 0 saturated heterocycles. The van der Waals surface area contributed by atoms with E-state index in [0.717, 1.165) is 5.56 Å². The lowest BCUT2D eigenvalue weighted by molar-refractivity contribution is 0.509. The highest BCUT2D eigenvalue weighted by Crippen LogP contribution is 2.26. The zero-order chi connectivity index (χ0) is 14.7. The minimum Gasteiger partial charge on any atom is -0.271 e. The molecule has 0 heterocycles. The zero-order valence-corrected chi connectivity index (χ0v) is 11.7. The number of rotatable bonds is 4. The van der Waals surface area contributed by atoms with Gasteiger partial charge in [0.05, 0.1) is 11.1 Å². The molecule has 2 nitrogen and oxygen atoms in total. The number of aryl methyl sites for hydroxylation is 1. The molecule has 0 amide bonds. The van der Waals surface area contributed by atoms with Crippen molar-refractivity contribution >= 4 is 11.6 Å². The van der Waals surface area contributed by atoms with Crippen molar-refractivity contribution in [1.82, 2.24) is 5.43 Å². The number of nitrogens with two attached hydrogens (primary N) is 1. The summed E-state index contributed by atoms with van der Waals surface area (Å²) < 4.78 is 27.4. The lowest BCUT2D eigenvalue weighted by Crippen LogP contribution is -2.30. The highest BCUT2D eigenvalue weighted by molar-refractivity contribution is 6.31. The van der Waals surface area contributed by atoms with Crippen LogP contribution >= 0.6 is 11.6 Å². The predicted molar refractivity (Wildman–Crippen MR) is 76.3 cm³/mol. The van der Waals surface area contributed by atoms with Crippen LogP contribution in [0.1, 0.15) is 22.7 Å². The van der Waals surface area contributed by atoms with Crippen molar-refractivity contribution in [3.63, 3.8) is 0 Å².